The molecular weight excluding hydrogens is 220 g/mol. The summed E-state index contributed by atoms with van der Waals surface area (Å²) < 4.78 is 15.3. The fraction of sp³-hybridized carbons (Fsp3) is 1.00. The summed E-state index contributed by atoms with van der Waals surface area (Å²) in [6.07, 6.45) is 4.99. The van der Waals surface area contributed by atoms with E-state index in [1.807, 2.05) is 20.8 Å². The minimum Gasteiger partial charge on any atom is -0.317 e. The van der Waals surface area contributed by atoms with Crippen LogP contribution in [0.5, 0.6) is 0 Å². The van der Waals surface area contributed by atoms with Crippen LogP contribution in [0.2, 0.25) is 0 Å². The van der Waals surface area contributed by atoms with Crippen LogP contribution in [0.15, 0.2) is 0 Å². The van der Waals surface area contributed by atoms with E-state index in [9.17, 15) is 4.21 Å². The predicted molar refractivity (Wildman–Crippen MR) is 68.6 cm³/mol. The van der Waals surface area contributed by atoms with Gasteiger partial charge in [-0.3, -0.25) is 0 Å². The molecule has 1 spiro atoms. The minimum atomic E-state index is -0.914. The molecule has 2 aliphatic rings. The molecule has 0 radical (unpaired) electrons. The van der Waals surface area contributed by atoms with E-state index in [-0.39, 0.29) is 4.75 Å². The Labute approximate surface area is 101 Å². The summed E-state index contributed by atoms with van der Waals surface area (Å²) in [6, 6.07) is 0.481. The second-order valence-corrected chi connectivity index (χ2v) is 8.20. The second-order valence-electron chi connectivity index (χ2n) is 6.20. The summed E-state index contributed by atoms with van der Waals surface area (Å²) in [4.78, 5) is 0. The Morgan fingerprint density at radius 2 is 1.88 bits per heavy atom. The molecule has 1 saturated heterocycles. The Kier molecular flexibility index (Phi) is 3.44. The van der Waals surface area contributed by atoms with E-state index >= 15 is 0 Å². The number of nitrogens with one attached hydrogen (secondary N) is 2. The van der Waals surface area contributed by atoms with Crippen molar-refractivity contribution in [3.63, 3.8) is 0 Å². The zero-order chi connectivity index (χ0) is 11.8. The van der Waals surface area contributed by atoms with E-state index < -0.39 is 11.0 Å². The Bertz CT molecular complexity index is 279. The van der Waals surface area contributed by atoms with Crippen LogP contribution >= 0.6 is 0 Å². The maximum atomic E-state index is 12.1. The van der Waals surface area contributed by atoms with Gasteiger partial charge in [-0.05, 0) is 65.0 Å². The molecule has 1 heterocycles. The summed E-state index contributed by atoms with van der Waals surface area (Å²) >= 11 is 0. The summed E-state index contributed by atoms with van der Waals surface area (Å²) in [5.74, 6) is 0. The fourth-order valence-electron chi connectivity index (χ4n) is 2.71. The molecule has 0 aromatic heterocycles. The first-order valence-electron chi connectivity index (χ1n) is 6.33. The molecule has 0 unspecified atom stereocenters. The lowest BCUT2D eigenvalue weighted by Crippen LogP contribution is -2.59. The molecule has 2 atom stereocenters. The van der Waals surface area contributed by atoms with Gasteiger partial charge in [0, 0.05) is 6.04 Å². The molecule has 2 fully saturated rings. The Hall–Kier alpha value is 0.0700. The van der Waals surface area contributed by atoms with Gasteiger partial charge < -0.3 is 5.32 Å². The third kappa shape index (κ3) is 2.34. The average molecular weight is 244 g/mol. The van der Waals surface area contributed by atoms with E-state index in [1.165, 1.54) is 25.7 Å². The first-order chi connectivity index (χ1) is 7.44. The van der Waals surface area contributed by atoms with Crippen LogP contribution in [0.25, 0.3) is 0 Å². The van der Waals surface area contributed by atoms with Gasteiger partial charge in [0.1, 0.15) is 0 Å². The van der Waals surface area contributed by atoms with Crippen molar-refractivity contribution in [2.75, 3.05) is 13.1 Å². The van der Waals surface area contributed by atoms with E-state index in [0.29, 0.717) is 11.5 Å². The smallest absolute Gasteiger partial charge is 0.0972 e. The monoisotopic (exact) mass is 244 g/mol. The molecule has 94 valence electrons. The van der Waals surface area contributed by atoms with Gasteiger partial charge in [-0.2, -0.15) is 0 Å². The SMILES string of the molecule is CC(C)(C)[S@](=O)N[C@@H]1CCC12CCNCC2. The molecule has 1 aliphatic carbocycles. The number of hydrogen-bond acceptors (Lipinski definition) is 2. The Morgan fingerprint density at radius 3 is 2.31 bits per heavy atom. The van der Waals surface area contributed by atoms with Crippen LogP contribution in [0, 0.1) is 5.41 Å². The third-order valence-corrected chi connectivity index (χ3v) is 5.69. The van der Waals surface area contributed by atoms with Crippen molar-refractivity contribution in [3.05, 3.63) is 0 Å². The van der Waals surface area contributed by atoms with Crippen molar-refractivity contribution in [3.8, 4) is 0 Å². The minimum absolute atomic E-state index is 0.149. The van der Waals surface area contributed by atoms with Gasteiger partial charge in [0.05, 0.1) is 15.7 Å². The van der Waals surface area contributed by atoms with Crippen LogP contribution < -0.4 is 10.0 Å². The molecule has 4 heteroatoms. The number of piperidine rings is 1. The zero-order valence-corrected chi connectivity index (χ0v) is 11.5. The van der Waals surface area contributed by atoms with Crippen molar-refractivity contribution in [2.24, 2.45) is 5.41 Å². The summed E-state index contributed by atoms with van der Waals surface area (Å²) in [7, 11) is -0.914. The highest BCUT2D eigenvalue weighted by Crippen LogP contribution is 2.48. The van der Waals surface area contributed by atoms with Gasteiger partial charge >= 0.3 is 0 Å². The Morgan fingerprint density at radius 1 is 1.25 bits per heavy atom. The lowest BCUT2D eigenvalue weighted by atomic mass is 9.60. The topological polar surface area (TPSA) is 41.1 Å². The maximum absolute atomic E-state index is 12.1. The van der Waals surface area contributed by atoms with Gasteiger partial charge in [0.25, 0.3) is 0 Å². The first-order valence-corrected chi connectivity index (χ1v) is 7.48. The molecule has 1 aliphatic heterocycles. The predicted octanol–water partition coefficient (Wildman–Crippen LogP) is 1.57. The molecule has 1 saturated carbocycles. The van der Waals surface area contributed by atoms with Crippen molar-refractivity contribution >= 4 is 11.0 Å². The summed E-state index contributed by atoms with van der Waals surface area (Å²) in [6.45, 7) is 8.35. The van der Waals surface area contributed by atoms with Gasteiger partial charge in [-0.15, -0.1) is 0 Å². The molecule has 3 nitrogen and oxygen atoms in total. The average Bonchev–Trinajstić information content (AvgIpc) is 2.24. The normalized spacial score (nSPS) is 31.1. The van der Waals surface area contributed by atoms with Gasteiger partial charge in [-0.25, -0.2) is 8.93 Å². The lowest BCUT2D eigenvalue weighted by Gasteiger charge is -2.52. The Balaban J connectivity index is 1.93. The van der Waals surface area contributed by atoms with E-state index in [2.05, 4.69) is 10.0 Å². The van der Waals surface area contributed by atoms with Crippen LogP contribution in [-0.4, -0.2) is 28.1 Å². The van der Waals surface area contributed by atoms with Crippen molar-refractivity contribution in [2.45, 2.75) is 57.2 Å². The van der Waals surface area contributed by atoms with E-state index in [4.69, 9.17) is 0 Å². The lowest BCUT2D eigenvalue weighted by molar-refractivity contribution is 0.0443. The fourth-order valence-corrected chi connectivity index (χ4v) is 3.69. The highest BCUT2D eigenvalue weighted by molar-refractivity contribution is 7.84. The van der Waals surface area contributed by atoms with E-state index in [0.717, 1.165) is 13.1 Å². The maximum Gasteiger partial charge on any atom is 0.0972 e. The zero-order valence-electron chi connectivity index (χ0n) is 10.6. The largest absolute Gasteiger partial charge is 0.317 e. The third-order valence-electron chi connectivity index (χ3n) is 4.07. The first kappa shape index (κ1) is 12.5. The standard InChI is InChI=1S/C12H24N2OS/c1-11(2,3)16(15)14-10-4-5-12(10)6-8-13-9-7-12/h10,13-14H,4-9H2,1-3H3/t10-,16+/m1/s1. The quantitative estimate of drug-likeness (QED) is 0.774. The van der Waals surface area contributed by atoms with Gasteiger partial charge in [-0.1, -0.05) is 0 Å². The molecule has 0 aromatic rings. The van der Waals surface area contributed by atoms with Crippen LogP contribution in [0.3, 0.4) is 0 Å². The molecule has 0 aromatic carbocycles. The molecule has 2 N–H and O–H groups in total. The highest BCUT2D eigenvalue weighted by atomic mass is 32.2. The molecule has 16 heavy (non-hydrogen) atoms. The molecule has 0 amide bonds. The van der Waals surface area contributed by atoms with Crippen LogP contribution in [0.1, 0.15) is 46.5 Å². The molecule has 0 bridgehead atoms. The molecule has 2 rings (SSSR count). The van der Waals surface area contributed by atoms with Gasteiger partial charge in [0.15, 0.2) is 0 Å². The van der Waals surface area contributed by atoms with Crippen LogP contribution in [-0.2, 0) is 11.0 Å². The number of rotatable bonds is 2. The van der Waals surface area contributed by atoms with Gasteiger partial charge in [0.2, 0.25) is 0 Å². The van der Waals surface area contributed by atoms with Crippen molar-refractivity contribution in [1.29, 1.82) is 0 Å². The summed E-state index contributed by atoms with van der Waals surface area (Å²) in [5, 5.41) is 3.41. The highest BCUT2D eigenvalue weighted by Gasteiger charge is 2.47. The van der Waals surface area contributed by atoms with Crippen molar-refractivity contribution < 1.29 is 4.21 Å². The summed E-state index contributed by atoms with van der Waals surface area (Å²) in [5.41, 5.74) is 0.451. The van der Waals surface area contributed by atoms with E-state index in [1.54, 1.807) is 0 Å². The van der Waals surface area contributed by atoms with Crippen molar-refractivity contribution in [1.82, 2.24) is 10.0 Å². The van der Waals surface area contributed by atoms with Crippen LogP contribution in [0.4, 0.5) is 0 Å². The molecular formula is C12H24N2OS. The number of hydrogen-bond donors (Lipinski definition) is 2. The second kappa shape index (κ2) is 4.39.